The molecular formula is C26H29N3O6. The maximum atomic E-state index is 13.1. The monoisotopic (exact) mass is 479 g/mol. The highest BCUT2D eigenvalue weighted by Gasteiger charge is 2.46. The van der Waals surface area contributed by atoms with Gasteiger partial charge in [0, 0.05) is 11.6 Å². The Kier molecular flexibility index (Phi) is 8.35. The molecule has 35 heavy (non-hydrogen) atoms. The molecule has 9 heteroatoms. The van der Waals surface area contributed by atoms with Crippen molar-refractivity contribution in [1.82, 2.24) is 16.0 Å². The summed E-state index contributed by atoms with van der Waals surface area (Å²) in [5, 5.41) is 7.71. The maximum absolute atomic E-state index is 13.1. The van der Waals surface area contributed by atoms with Crippen molar-refractivity contribution in [3.8, 4) is 0 Å². The van der Waals surface area contributed by atoms with Crippen LogP contribution in [0.5, 0.6) is 0 Å². The lowest BCUT2D eigenvalue weighted by Gasteiger charge is -2.25. The summed E-state index contributed by atoms with van der Waals surface area (Å²) >= 11 is 0. The zero-order valence-corrected chi connectivity index (χ0v) is 19.8. The second-order valence-electron chi connectivity index (χ2n) is 8.88. The summed E-state index contributed by atoms with van der Waals surface area (Å²) in [6, 6.07) is 9.09. The van der Waals surface area contributed by atoms with Crippen LogP contribution in [0.3, 0.4) is 0 Å². The topological polar surface area (TPSA) is 135 Å². The van der Waals surface area contributed by atoms with Gasteiger partial charge in [-0.1, -0.05) is 51.1 Å². The van der Waals surface area contributed by atoms with Gasteiger partial charge in [-0.25, -0.2) is 0 Å². The lowest BCUT2D eigenvalue weighted by molar-refractivity contribution is -0.137. The molecule has 3 rings (SSSR count). The first-order valence-corrected chi connectivity index (χ1v) is 11.4. The zero-order valence-electron chi connectivity index (χ0n) is 19.8. The van der Waals surface area contributed by atoms with E-state index in [9.17, 15) is 24.0 Å². The van der Waals surface area contributed by atoms with Gasteiger partial charge in [0.15, 0.2) is 5.78 Å². The van der Waals surface area contributed by atoms with Crippen molar-refractivity contribution in [1.29, 1.82) is 0 Å². The zero-order chi connectivity index (χ0) is 25.5. The Balaban J connectivity index is 1.72. The van der Waals surface area contributed by atoms with E-state index in [0.29, 0.717) is 0 Å². The molecule has 2 heterocycles. The van der Waals surface area contributed by atoms with E-state index >= 15 is 0 Å². The van der Waals surface area contributed by atoms with Crippen LogP contribution in [0.15, 0.2) is 59.4 Å². The van der Waals surface area contributed by atoms with Gasteiger partial charge < -0.3 is 15.1 Å². The normalized spacial score (nSPS) is 19.4. The summed E-state index contributed by atoms with van der Waals surface area (Å²) in [4.78, 5) is 62.6. The van der Waals surface area contributed by atoms with Crippen molar-refractivity contribution in [2.45, 2.75) is 39.3 Å². The third kappa shape index (κ3) is 6.53. The lowest BCUT2D eigenvalue weighted by Crippen LogP contribution is -2.49. The van der Waals surface area contributed by atoms with Crippen molar-refractivity contribution in [2.24, 2.45) is 17.8 Å². The van der Waals surface area contributed by atoms with Gasteiger partial charge in [-0.3, -0.25) is 29.3 Å². The van der Waals surface area contributed by atoms with Crippen molar-refractivity contribution in [3.63, 3.8) is 0 Å². The van der Waals surface area contributed by atoms with Crippen LogP contribution in [-0.2, 0) is 24.0 Å². The van der Waals surface area contributed by atoms with Crippen molar-refractivity contribution in [3.05, 3.63) is 66.1 Å². The number of hydrogen-bond donors (Lipinski definition) is 3. The van der Waals surface area contributed by atoms with E-state index in [-0.39, 0.29) is 12.3 Å². The maximum Gasteiger partial charge on any atom is 0.244 e. The number of hydrogen-bond acceptors (Lipinski definition) is 6. The summed E-state index contributed by atoms with van der Waals surface area (Å²) in [6.45, 7) is 5.01. The predicted molar refractivity (Wildman–Crippen MR) is 127 cm³/mol. The van der Waals surface area contributed by atoms with Gasteiger partial charge in [-0.2, -0.15) is 0 Å². The highest BCUT2D eigenvalue weighted by molar-refractivity contribution is 6.16. The Morgan fingerprint density at radius 2 is 1.77 bits per heavy atom. The smallest absolute Gasteiger partial charge is 0.244 e. The van der Waals surface area contributed by atoms with Crippen molar-refractivity contribution >= 4 is 35.5 Å². The third-order valence-corrected chi connectivity index (χ3v) is 5.92. The molecule has 1 aliphatic heterocycles. The molecule has 4 amide bonds. The van der Waals surface area contributed by atoms with Gasteiger partial charge in [-0.15, -0.1) is 0 Å². The Morgan fingerprint density at radius 3 is 2.34 bits per heavy atom. The summed E-state index contributed by atoms with van der Waals surface area (Å²) in [5.41, 5.74) is 1.44. The average molecular weight is 480 g/mol. The Bertz CT molecular complexity index is 1110. The quantitative estimate of drug-likeness (QED) is 0.272. The summed E-state index contributed by atoms with van der Waals surface area (Å²) in [6.07, 6.45) is 5.79. The highest BCUT2D eigenvalue weighted by Crippen LogP contribution is 2.24. The van der Waals surface area contributed by atoms with Crippen LogP contribution in [-0.4, -0.2) is 35.5 Å². The molecular weight excluding hydrogens is 450 g/mol. The number of benzene rings is 1. The van der Waals surface area contributed by atoms with Crippen molar-refractivity contribution in [2.75, 3.05) is 0 Å². The number of ketones is 1. The van der Waals surface area contributed by atoms with Gasteiger partial charge in [0.1, 0.15) is 5.92 Å². The van der Waals surface area contributed by atoms with Crippen LogP contribution in [0.25, 0.3) is 6.08 Å². The summed E-state index contributed by atoms with van der Waals surface area (Å²) in [7, 11) is 0. The fourth-order valence-corrected chi connectivity index (χ4v) is 3.94. The molecule has 1 saturated heterocycles. The third-order valence-electron chi connectivity index (χ3n) is 5.92. The van der Waals surface area contributed by atoms with E-state index in [2.05, 4.69) is 16.0 Å². The molecule has 1 aromatic carbocycles. The van der Waals surface area contributed by atoms with Gasteiger partial charge >= 0.3 is 0 Å². The van der Waals surface area contributed by atoms with Crippen LogP contribution in [0.1, 0.15) is 44.4 Å². The number of carbonyl (C=O) groups is 5. The fraction of sp³-hybridized carbons (Fsp3) is 0.346. The highest BCUT2D eigenvalue weighted by atomic mass is 16.3. The van der Waals surface area contributed by atoms with Crippen LogP contribution >= 0.6 is 0 Å². The first-order chi connectivity index (χ1) is 16.7. The minimum Gasteiger partial charge on any atom is -0.472 e. The number of imide groups is 1. The molecule has 0 bridgehead atoms. The standard InChI is InChI=1S/C26H29N3O6/c1-15(2)23(24(32)22-16(3)25(33)29-26(22)34)28-21(31)13-19(18-7-5-4-6-8-18)27-20(30)10-9-17-11-12-35-14-17/h4-12,14-16,19,22-23H,13H2,1-3H3,(H,27,30)(H,28,31)(H,29,33,34)/b10-9+/t16-,19+,22+,23+/m0/s1. The molecule has 0 unspecified atom stereocenters. The van der Waals surface area contributed by atoms with Crippen LogP contribution in [0, 0.1) is 17.8 Å². The molecule has 1 aromatic heterocycles. The van der Waals surface area contributed by atoms with E-state index in [1.165, 1.54) is 25.5 Å². The Morgan fingerprint density at radius 1 is 1.06 bits per heavy atom. The largest absolute Gasteiger partial charge is 0.472 e. The molecule has 0 aliphatic carbocycles. The van der Waals surface area contributed by atoms with E-state index in [1.54, 1.807) is 50.3 Å². The number of carbonyl (C=O) groups excluding carboxylic acids is 5. The van der Waals surface area contributed by atoms with Crippen LogP contribution in [0.2, 0.25) is 0 Å². The summed E-state index contributed by atoms with van der Waals surface area (Å²) < 4.78 is 4.97. The SMILES string of the molecule is CC(C)[C@@H](NC(=O)C[C@@H](NC(=O)/C=C/c1ccoc1)c1ccccc1)C(=O)[C@@H]1C(=O)NC(=O)[C@H]1C. The van der Waals surface area contributed by atoms with Gasteiger partial charge in [0.2, 0.25) is 23.6 Å². The molecule has 2 aromatic rings. The second-order valence-corrected chi connectivity index (χ2v) is 8.88. The number of furan rings is 1. The minimum atomic E-state index is -1.15. The van der Waals surface area contributed by atoms with Gasteiger partial charge in [-0.05, 0) is 23.6 Å². The molecule has 9 nitrogen and oxygen atoms in total. The van der Waals surface area contributed by atoms with E-state index < -0.39 is 53.3 Å². The van der Waals surface area contributed by atoms with Gasteiger partial charge in [0.25, 0.3) is 0 Å². The first-order valence-electron chi connectivity index (χ1n) is 11.4. The number of Topliss-reactive ketones (excluding diaryl/α,β-unsaturated/α-hetero) is 1. The number of nitrogens with one attached hydrogen (secondary N) is 3. The van der Waals surface area contributed by atoms with Crippen LogP contribution < -0.4 is 16.0 Å². The van der Waals surface area contributed by atoms with Gasteiger partial charge in [0.05, 0.1) is 36.9 Å². The fourth-order valence-electron chi connectivity index (χ4n) is 3.94. The van der Waals surface area contributed by atoms with Crippen molar-refractivity contribution < 1.29 is 28.4 Å². The van der Waals surface area contributed by atoms with E-state index in [4.69, 9.17) is 4.42 Å². The van der Waals surface area contributed by atoms with E-state index in [0.717, 1.165) is 11.1 Å². The molecule has 3 N–H and O–H groups in total. The predicted octanol–water partition coefficient (Wildman–Crippen LogP) is 2.16. The van der Waals surface area contributed by atoms with Crippen LogP contribution in [0.4, 0.5) is 0 Å². The lowest BCUT2D eigenvalue weighted by atomic mass is 9.85. The Labute approximate surface area is 203 Å². The molecule has 1 aliphatic rings. The molecule has 4 atom stereocenters. The van der Waals surface area contributed by atoms with E-state index in [1.807, 2.05) is 6.07 Å². The molecule has 1 fully saturated rings. The molecule has 184 valence electrons. The first kappa shape index (κ1) is 25.6. The summed E-state index contributed by atoms with van der Waals surface area (Å²) in [5.74, 6) is -4.79. The molecule has 0 saturated carbocycles. The minimum absolute atomic E-state index is 0.128. The number of rotatable bonds is 10. The number of amides is 4. The molecule has 0 spiro atoms. The average Bonchev–Trinajstić information content (AvgIpc) is 3.43. The molecule has 0 radical (unpaired) electrons. The second kappa shape index (κ2) is 11.4. The Hall–Kier alpha value is -4.01.